The van der Waals surface area contributed by atoms with Crippen molar-refractivity contribution < 1.29 is 14.3 Å². The van der Waals surface area contributed by atoms with E-state index in [-0.39, 0.29) is 28.6 Å². The smallest absolute Gasteiger partial charge is 0.316 e. The Bertz CT molecular complexity index is 1260. The third-order valence-corrected chi connectivity index (χ3v) is 9.99. The molecule has 1 amide bonds. The van der Waals surface area contributed by atoms with Crippen molar-refractivity contribution in [3.05, 3.63) is 43.9 Å². The zero-order valence-corrected chi connectivity index (χ0v) is 21.5. The zero-order valence-electron chi connectivity index (χ0n) is 19.1. The first-order chi connectivity index (χ1) is 16.5. The number of hydrogen-bond donors (Lipinski definition) is 1. The number of rotatable bonds is 8. The van der Waals surface area contributed by atoms with Crippen LogP contribution >= 0.6 is 34.9 Å². The van der Waals surface area contributed by atoms with Gasteiger partial charge in [0.2, 0.25) is 5.91 Å². The van der Waals surface area contributed by atoms with Gasteiger partial charge in [-0.3, -0.25) is 19.0 Å². The molecule has 1 N–H and O–H groups in total. The van der Waals surface area contributed by atoms with Crippen LogP contribution in [0.5, 0.6) is 0 Å². The number of ether oxygens (including phenoxy) is 1. The van der Waals surface area contributed by atoms with Crippen molar-refractivity contribution in [2.75, 3.05) is 12.4 Å². The van der Waals surface area contributed by atoms with E-state index in [1.807, 2.05) is 0 Å². The summed E-state index contributed by atoms with van der Waals surface area (Å²) < 4.78 is 6.91. The normalized spacial score (nSPS) is 21.1. The van der Waals surface area contributed by atoms with Crippen LogP contribution in [0.2, 0.25) is 0 Å². The van der Waals surface area contributed by atoms with E-state index in [0.29, 0.717) is 18.3 Å². The Hall–Kier alpha value is -2.04. The molecule has 0 radical (unpaired) electrons. The number of carbonyl (C=O) groups excluding carboxylic acids is 2. The van der Waals surface area contributed by atoms with Gasteiger partial charge in [-0.15, -0.1) is 29.7 Å². The molecule has 0 bridgehead atoms. The van der Waals surface area contributed by atoms with Gasteiger partial charge in [-0.05, 0) is 61.5 Å². The third kappa shape index (κ3) is 4.24. The molecule has 2 aliphatic carbocycles. The molecule has 2 aromatic heterocycles. The fraction of sp³-hybridized carbons (Fsp3) is 0.500. The Morgan fingerprint density at radius 1 is 1.29 bits per heavy atom. The average Bonchev–Trinajstić information content (AvgIpc) is 3.55. The van der Waals surface area contributed by atoms with Crippen LogP contribution in [-0.2, 0) is 33.7 Å². The molecule has 0 spiro atoms. The second kappa shape index (κ2) is 9.91. The molecule has 1 aliphatic heterocycles. The predicted molar refractivity (Wildman–Crippen MR) is 137 cm³/mol. The Balaban J connectivity index is 1.32. The van der Waals surface area contributed by atoms with E-state index in [0.717, 1.165) is 59.9 Å². The number of thioether (sulfide) groups is 2. The molecule has 10 heteroatoms. The van der Waals surface area contributed by atoms with Gasteiger partial charge in [0.1, 0.15) is 10.7 Å². The van der Waals surface area contributed by atoms with Crippen LogP contribution in [0.15, 0.2) is 33.1 Å². The molecule has 34 heavy (non-hydrogen) atoms. The van der Waals surface area contributed by atoms with Crippen molar-refractivity contribution in [1.29, 1.82) is 0 Å². The molecule has 0 saturated heterocycles. The summed E-state index contributed by atoms with van der Waals surface area (Å²) in [6.07, 6.45) is 7.58. The highest BCUT2D eigenvalue weighted by Crippen LogP contribution is 2.49. The van der Waals surface area contributed by atoms with Crippen LogP contribution in [0.4, 0.5) is 0 Å². The van der Waals surface area contributed by atoms with E-state index in [1.54, 1.807) is 40.7 Å². The number of thiophene rings is 1. The molecule has 3 heterocycles. The lowest BCUT2D eigenvalue weighted by molar-refractivity contribution is -0.146. The van der Waals surface area contributed by atoms with Gasteiger partial charge in [0, 0.05) is 11.4 Å². The van der Waals surface area contributed by atoms with Gasteiger partial charge in [-0.2, -0.15) is 0 Å². The minimum Gasteiger partial charge on any atom is -0.465 e. The van der Waals surface area contributed by atoms with Crippen LogP contribution < -0.4 is 10.9 Å². The van der Waals surface area contributed by atoms with Gasteiger partial charge in [-0.1, -0.05) is 17.8 Å². The second-order valence-corrected chi connectivity index (χ2v) is 11.8. The van der Waals surface area contributed by atoms with Gasteiger partial charge < -0.3 is 10.1 Å². The molecular weight excluding hydrogens is 490 g/mol. The highest BCUT2D eigenvalue weighted by Gasteiger charge is 2.43. The maximum absolute atomic E-state index is 13.3. The molecule has 3 aliphatic rings. The summed E-state index contributed by atoms with van der Waals surface area (Å²) in [4.78, 5) is 46.8. The van der Waals surface area contributed by atoms with E-state index < -0.39 is 5.92 Å². The highest BCUT2D eigenvalue weighted by molar-refractivity contribution is 8.04. The van der Waals surface area contributed by atoms with Crippen molar-refractivity contribution in [2.24, 2.45) is 5.92 Å². The number of allylic oxidation sites excluding steroid dienone is 2. The first-order valence-corrected chi connectivity index (χ1v) is 14.3. The monoisotopic (exact) mass is 517 g/mol. The third-order valence-electron chi connectivity index (χ3n) is 6.43. The number of nitrogens with one attached hydrogen (secondary N) is 1. The van der Waals surface area contributed by atoms with E-state index in [9.17, 15) is 14.4 Å². The SMILES string of the molecule is C=CCn1c(SCC(=O)NC2SC3=C(CCC3)C2C(=O)OCC)nc2sc3c(c2c1=O)CCC3. The van der Waals surface area contributed by atoms with Crippen molar-refractivity contribution in [2.45, 2.75) is 62.5 Å². The van der Waals surface area contributed by atoms with Gasteiger partial charge >= 0.3 is 5.97 Å². The zero-order chi connectivity index (χ0) is 23.8. The Morgan fingerprint density at radius 2 is 2.12 bits per heavy atom. The van der Waals surface area contributed by atoms with Crippen LogP contribution in [0.1, 0.15) is 43.0 Å². The number of fused-ring (bicyclic) bond motifs is 3. The lowest BCUT2D eigenvalue weighted by Crippen LogP contribution is -2.41. The highest BCUT2D eigenvalue weighted by atomic mass is 32.2. The number of aromatic nitrogens is 2. The predicted octanol–water partition coefficient (Wildman–Crippen LogP) is 4.03. The Kier molecular flexibility index (Phi) is 6.90. The molecule has 5 rings (SSSR count). The lowest BCUT2D eigenvalue weighted by Gasteiger charge is -2.22. The quantitative estimate of drug-likeness (QED) is 0.245. The lowest BCUT2D eigenvalue weighted by atomic mass is 9.98. The number of carbonyl (C=O) groups is 2. The fourth-order valence-corrected chi connectivity index (χ4v) is 8.68. The van der Waals surface area contributed by atoms with Crippen LogP contribution in [0, 0.1) is 5.92 Å². The molecule has 180 valence electrons. The Labute approximate surface area is 210 Å². The largest absolute Gasteiger partial charge is 0.465 e. The standard InChI is InChI=1S/C24H27N3O4S3/c1-3-11-27-22(29)18-13-7-5-9-15(13)33-20(18)26-24(27)32-12-17(28)25-21-19(23(30)31-4-2)14-8-6-10-16(14)34-21/h3,19,21H,1,4-12H2,2H3,(H,25,28). The number of nitrogens with zero attached hydrogens (tertiary/aromatic N) is 2. The van der Waals surface area contributed by atoms with Crippen molar-refractivity contribution in [1.82, 2.24) is 14.9 Å². The summed E-state index contributed by atoms with van der Waals surface area (Å²) in [6, 6.07) is 0. The first-order valence-electron chi connectivity index (χ1n) is 11.6. The summed E-state index contributed by atoms with van der Waals surface area (Å²) in [5.74, 6) is -0.765. The Morgan fingerprint density at radius 3 is 2.91 bits per heavy atom. The minimum absolute atomic E-state index is 0.0541. The summed E-state index contributed by atoms with van der Waals surface area (Å²) >= 11 is 4.42. The van der Waals surface area contributed by atoms with Crippen LogP contribution in [0.3, 0.4) is 0 Å². The van der Waals surface area contributed by atoms with Crippen molar-refractivity contribution in [3.8, 4) is 0 Å². The number of esters is 1. The van der Waals surface area contributed by atoms with Crippen LogP contribution in [-0.4, -0.2) is 39.2 Å². The first kappa shape index (κ1) is 23.7. The molecule has 2 atom stereocenters. The van der Waals surface area contributed by atoms with E-state index >= 15 is 0 Å². The topological polar surface area (TPSA) is 90.3 Å². The summed E-state index contributed by atoms with van der Waals surface area (Å²) in [6.45, 7) is 6.24. The van der Waals surface area contributed by atoms with Gasteiger partial charge in [0.15, 0.2) is 5.16 Å². The second-order valence-electron chi connectivity index (χ2n) is 8.56. The van der Waals surface area contributed by atoms with Crippen LogP contribution in [0.25, 0.3) is 10.2 Å². The number of amides is 1. The average molecular weight is 518 g/mol. The molecule has 7 nitrogen and oxygen atoms in total. The minimum atomic E-state index is -0.418. The maximum atomic E-state index is 13.3. The van der Waals surface area contributed by atoms with E-state index in [2.05, 4.69) is 11.9 Å². The summed E-state index contributed by atoms with van der Waals surface area (Å²) in [5, 5.41) is 3.94. The van der Waals surface area contributed by atoms with E-state index in [4.69, 9.17) is 9.72 Å². The molecule has 0 saturated carbocycles. The molecule has 2 unspecified atom stereocenters. The van der Waals surface area contributed by atoms with Gasteiger partial charge in [-0.25, -0.2) is 4.98 Å². The van der Waals surface area contributed by atoms with Gasteiger partial charge in [0.05, 0.1) is 23.1 Å². The molecule has 0 fully saturated rings. The fourth-order valence-electron chi connectivity index (χ4n) is 5.01. The molecule has 2 aromatic rings. The van der Waals surface area contributed by atoms with Crippen molar-refractivity contribution >= 4 is 57.0 Å². The molecule has 0 aromatic carbocycles. The summed E-state index contributed by atoms with van der Waals surface area (Å²) in [5.41, 5.74) is 2.22. The number of aryl methyl sites for hydroxylation is 2. The maximum Gasteiger partial charge on any atom is 0.316 e. The van der Waals surface area contributed by atoms with Crippen molar-refractivity contribution in [3.63, 3.8) is 0 Å². The number of hydrogen-bond acceptors (Lipinski definition) is 8. The summed E-state index contributed by atoms with van der Waals surface area (Å²) in [7, 11) is 0. The van der Waals surface area contributed by atoms with Gasteiger partial charge in [0.25, 0.3) is 5.56 Å². The molecular formula is C24H27N3O4S3. The van der Waals surface area contributed by atoms with E-state index in [1.165, 1.54) is 21.5 Å².